The monoisotopic (exact) mass is 256 g/mol. The van der Waals surface area contributed by atoms with E-state index in [0.29, 0.717) is 6.92 Å². The summed E-state index contributed by atoms with van der Waals surface area (Å²) in [5.74, 6) is -3.53. The second kappa shape index (κ2) is 4.91. The number of aliphatic carboxylic acids is 1. The number of carbonyl (C=O) groups is 2. The Balaban J connectivity index is 4.92. The zero-order valence-corrected chi connectivity index (χ0v) is 9.63. The van der Waals surface area contributed by atoms with Gasteiger partial charge in [0, 0.05) is 0 Å². The van der Waals surface area contributed by atoms with E-state index in [1.54, 1.807) is 5.32 Å². The van der Waals surface area contributed by atoms with Crippen LogP contribution in [0.4, 0.5) is 13.2 Å². The zero-order chi connectivity index (χ0) is 14.0. The highest BCUT2D eigenvalue weighted by atomic mass is 19.4. The molecule has 0 radical (unpaired) electrons. The van der Waals surface area contributed by atoms with Crippen molar-refractivity contribution >= 4 is 11.9 Å². The minimum atomic E-state index is -4.95. The van der Waals surface area contributed by atoms with Crippen LogP contribution in [0, 0.1) is 5.92 Å². The van der Waals surface area contributed by atoms with Crippen LogP contribution in [-0.4, -0.2) is 34.7 Å². The van der Waals surface area contributed by atoms with E-state index < -0.39 is 35.6 Å². The Hall–Kier alpha value is -1.31. The molecule has 0 fully saturated rings. The normalized spacial score (nSPS) is 17.4. The molecule has 0 aliphatic rings. The van der Waals surface area contributed by atoms with Gasteiger partial charge in [0.15, 0.2) is 5.54 Å². The van der Waals surface area contributed by atoms with Crippen molar-refractivity contribution in [2.45, 2.75) is 38.5 Å². The summed E-state index contributed by atoms with van der Waals surface area (Å²) >= 11 is 0. The van der Waals surface area contributed by atoms with Crippen molar-refractivity contribution < 1.29 is 27.9 Å². The molecular formula is C9H15F3N2O3. The van der Waals surface area contributed by atoms with Gasteiger partial charge in [0.25, 0.3) is 0 Å². The summed E-state index contributed by atoms with van der Waals surface area (Å²) in [6.07, 6.45) is -4.95. The van der Waals surface area contributed by atoms with Crippen LogP contribution in [-0.2, 0) is 9.59 Å². The van der Waals surface area contributed by atoms with E-state index in [4.69, 9.17) is 10.8 Å². The number of carboxylic acid groups (broad SMARTS) is 1. The van der Waals surface area contributed by atoms with E-state index >= 15 is 0 Å². The maximum atomic E-state index is 12.4. The first-order chi connectivity index (χ1) is 7.41. The van der Waals surface area contributed by atoms with Crippen molar-refractivity contribution in [2.75, 3.05) is 0 Å². The molecule has 5 nitrogen and oxygen atoms in total. The van der Waals surface area contributed by atoms with Crippen LogP contribution in [0.15, 0.2) is 0 Å². The highest BCUT2D eigenvalue weighted by Crippen LogP contribution is 2.28. The molecule has 8 heteroatoms. The summed E-state index contributed by atoms with van der Waals surface area (Å²) in [7, 11) is 0. The molecular weight excluding hydrogens is 241 g/mol. The second-order valence-electron chi connectivity index (χ2n) is 4.23. The maximum Gasteiger partial charge on any atom is 0.415 e. The molecule has 0 heterocycles. The van der Waals surface area contributed by atoms with Gasteiger partial charge in [0.1, 0.15) is 6.04 Å². The number of hydrogen-bond donors (Lipinski definition) is 3. The van der Waals surface area contributed by atoms with Gasteiger partial charge in [-0.2, -0.15) is 13.2 Å². The molecule has 2 unspecified atom stereocenters. The van der Waals surface area contributed by atoms with E-state index in [-0.39, 0.29) is 0 Å². The highest BCUT2D eigenvalue weighted by Gasteiger charge is 2.54. The maximum absolute atomic E-state index is 12.4. The van der Waals surface area contributed by atoms with Crippen LogP contribution < -0.4 is 11.1 Å². The largest absolute Gasteiger partial charge is 0.480 e. The van der Waals surface area contributed by atoms with Crippen LogP contribution in [0.2, 0.25) is 0 Å². The molecule has 2 atom stereocenters. The fourth-order valence-corrected chi connectivity index (χ4v) is 0.933. The SMILES string of the molecule is CC(C)C(NC(=O)C(C)(N)C(F)(F)F)C(=O)O. The lowest BCUT2D eigenvalue weighted by Gasteiger charge is -2.28. The van der Waals surface area contributed by atoms with Crippen molar-refractivity contribution in [1.82, 2.24) is 5.32 Å². The molecule has 0 aromatic heterocycles. The molecule has 0 rings (SSSR count). The quantitative estimate of drug-likeness (QED) is 0.682. The van der Waals surface area contributed by atoms with Gasteiger partial charge in [-0.1, -0.05) is 13.8 Å². The average molecular weight is 256 g/mol. The summed E-state index contributed by atoms with van der Waals surface area (Å²) in [5.41, 5.74) is 1.74. The third kappa shape index (κ3) is 3.58. The predicted octanol–water partition coefficient (Wildman–Crippen LogP) is 0.491. The Morgan fingerprint density at radius 2 is 1.71 bits per heavy atom. The lowest BCUT2D eigenvalue weighted by atomic mass is 9.99. The van der Waals surface area contributed by atoms with Gasteiger partial charge in [0.05, 0.1) is 0 Å². The molecule has 0 spiro atoms. The molecule has 100 valence electrons. The van der Waals surface area contributed by atoms with Crippen LogP contribution in [0.3, 0.4) is 0 Å². The third-order valence-electron chi connectivity index (χ3n) is 2.28. The zero-order valence-electron chi connectivity index (χ0n) is 9.63. The number of nitrogens with one attached hydrogen (secondary N) is 1. The van der Waals surface area contributed by atoms with Crippen molar-refractivity contribution in [3.63, 3.8) is 0 Å². The van der Waals surface area contributed by atoms with Crippen molar-refractivity contribution in [1.29, 1.82) is 0 Å². The van der Waals surface area contributed by atoms with Crippen LogP contribution in [0.5, 0.6) is 0 Å². The number of alkyl halides is 3. The van der Waals surface area contributed by atoms with E-state index in [9.17, 15) is 22.8 Å². The Morgan fingerprint density at radius 3 is 1.94 bits per heavy atom. The van der Waals surface area contributed by atoms with Crippen molar-refractivity contribution in [3.05, 3.63) is 0 Å². The Bertz CT molecular complexity index is 313. The average Bonchev–Trinajstić information content (AvgIpc) is 2.10. The van der Waals surface area contributed by atoms with Crippen LogP contribution >= 0.6 is 0 Å². The summed E-state index contributed by atoms with van der Waals surface area (Å²) in [4.78, 5) is 22.0. The Morgan fingerprint density at radius 1 is 1.29 bits per heavy atom. The van der Waals surface area contributed by atoms with Gasteiger partial charge >= 0.3 is 12.1 Å². The molecule has 1 amide bonds. The Kier molecular flexibility index (Phi) is 4.53. The molecule has 4 N–H and O–H groups in total. The van der Waals surface area contributed by atoms with E-state index in [2.05, 4.69) is 0 Å². The fourth-order valence-electron chi connectivity index (χ4n) is 0.933. The molecule has 0 saturated heterocycles. The second-order valence-corrected chi connectivity index (χ2v) is 4.23. The number of carbonyl (C=O) groups excluding carboxylic acids is 1. The lowest BCUT2D eigenvalue weighted by molar-refractivity contribution is -0.188. The summed E-state index contributed by atoms with van der Waals surface area (Å²) in [6, 6.07) is -1.41. The standard InChI is InChI=1S/C9H15F3N2O3/c1-4(2)5(6(15)16)14-7(17)8(3,13)9(10,11)12/h4-5H,13H2,1-3H3,(H,14,17)(H,15,16). The van der Waals surface area contributed by atoms with E-state index in [0.717, 1.165) is 0 Å². The fraction of sp³-hybridized carbons (Fsp3) is 0.778. The molecule has 0 aromatic rings. The van der Waals surface area contributed by atoms with Gasteiger partial charge in [-0.25, -0.2) is 4.79 Å². The van der Waals surface area contributed by atoms with Gasteiger partial charge in [-0.15, -0.1) is 0 Å². The van der Waals surface area contributed by atoms with Crippen LogP contribution in [0.25, 0.3) is 0 Å². The molecule has 0 aliphatic heterocycles. The highest BCUT2D eigenvalue weighted by molar-refractivity contribution is 5.90. The minimum absolute atomic E-state index is 0.488. The third-order valence-corrected chi connectivity index (χ3v) is 2.28. The Labute approximate surface area is 96.2 Å². The molecule has 17 heavy (non-hydrogen) atoms. The molecule has 0 aliphatic carbocycles. The summed E-state index contributed by atoms with van der Waals surface area (Å²) in [5, 5.41) is 10.5. The molecule has 0 aromatic carbocycles. The number of nitrogens with two attached hydrogens (primary N) is 1. The van der Waals surface area contributed by atoms with Crippen LogP contribution in [0.1, 0.15) is 20.8 Å². The minimum Gasteiger partial charge on any atom is -0.480 e. The van der Waals surface area contributed by atoms with Crippen molar-refractivity contribution in [3.8, 4) is 0 Å². The number of carboxylic acids is 1. The number of hydrogen-bond acceptors (Lipinski definition) is 3. The van der Waals surface area contributed by atoms with E-state index in [1.807, 2.05) is 0 Å². The number of halogens is 3. The topological polar surface area (TPSA) is 92.4 Å². The molecule has 0 saturated carbocycles. The summed E-state index contributed by atoms with van der Waals surface area (Å²) < 4.78 is 37.2. The van der Waals surface area contributed by atoms with Crippen molar-refractivity contribution in [2.24, 2.45) is 11.7 Å². The van der Waals surface area contributed by atoms with Gasteiger partial charge in [0.2, 0.25) is 5.91 Å². The van der Waals surface area contributed by atoms with Gasteiger partial charge in [-0.05, 0) is 12.8 Å². The lowest BCUT2D eigenvalue weighted by Crippen LogP contribution is -2.64. The first kappa shape index (κ1) is 15.7. The number of amides is 1. The first-order valence-electron chi connectivity index (χ1n) is 4.80. The smallest absolute Gasteiger partial charge is 0.415 e. The number of rotatable bonds is 4. The van der Waals surface area contributed by atoms with Gasteiger partial charge < -0.3 is 16.2 Å². The van der Waals surface area contributed by atoms with E-state index in [1.165, 1.54) is 13.8 Å². The predicted molar refractivity (Wildman–Crippen MR) is 53.1 cm³/mol. The van der Waals surface area contributed by atoms with Gasteiger partial charge in [-0.3, -0.25) is 4.79 Å². The molecule has 0 bridgehead atoms. The summed E-state index contributed by atoms with van der Waals surface area (Å²) in [6.45, 7) is 3.41. The first-order valence-corrected chi connectivity index (χ1v) is 4.80.